The molecule has 0 bridgehead atoms. The van der Waals surface area contributed by atoms with Crippen LogP contribution >= 0.6 is 0 Å². The lowest BCUT2D eigenvalue weighted by atomic mass is 10.2. The second-order valence-corrected chi connectivity index (χ2v) is 3.51. The fourth-order valence-corrected chi connectivity index (χ4v) is 1.37. The van der Waals surface area contributed by atoms with Crippen molar-refractivity contribution in [3.63, 3.8) is 0 Å². The Kier molecular flexibility index (Phi) is 2.56. The minimum atomic E-state index is -2.93. The quantitative estimate of drug-likeness (QED) is 0.753. The van der Waals surface area contributed by atoms with Gasteiger partial charge in [-0.3, -0.25) is 0 Å². The molecule has 1 aromatic heterocycles. The van der Waals surface area contributed by atoms with E-state index in [1.807, 2.05) is 0 Å². The smallest absolute Gasteiger partial charge is 0.309 e. The second-order valence-electron chi connectivity index (χ2n) is 3.51. The average Bonchev–Trinajstić information content (AvgIpc) is 2.50. The highest BCUT2D eigenvalue weighted by Crippen LogP contribution is 2.29. The molecule has 1 saturated heterocycles. The Labute approximate surface area is 86.0 Å². The summed E-state index contributed by atoms with van der Waals surface area (Å²) in [6.45, 7) is 1.09. The van der Waals surface area contributed by atoms with E-state index < -0.39 is 18.6 Å². The first-order chi connectivity index (χ1) is 7.09. The molecule has 5 heteroatoms. The molecular formula is C10H11F2NO2. The van der Waals surface area contributed by atoms with Crippen LogP contribution in [-0.2, 0) is 4.74 Å². The van der Waals surface area contributed by atoms with Gasteiger partial charge in [0, 0.05) is 11.8 Å². The van der Waals surface area contributed by atoms with Gasteiger partial charge in [0.05, 0.1) is 6.61 Å². The Morgan fingerprint density at radius 2 is 2.40 bits per heavy atom. The molecule has 0 aliphatic carbocycles. The predicted molar refractivity (Wildman–Crippen MR) is 49.2 cm³/mol. The van der Waals surface area contributed by atoms with Crippen LogP contribution in [0.25, 0.3) is 0 Å². The molecule has 0 spiro atoms. The third kappa shape index (κ3) is 2.07. The summed E-state index contributed by atoms with van der Waals surface area (Å²) in [5.74, 6) is -2.68. The van der Waals surface area contributed by atoms with E-state index in [0.717, 1.165) is 5.56 Å². The van der Waals surface area contributed by atoms with Gasteiger partial charge < -0.3 is 9.47 Å². The zero-order valence-electron chi connectivity index (χ0n) is 8.24. The number of aromatic nitrogens is 1. The number of halogens is 2. The first kappa shape index (κ1) is 10.3. The molecule has 0 aromatic carbocycles. The number of hydrogen-bond donors (Lipinski definition) is 0. The van der Waals surface area contributed by atoms with Crippen LogP contribution < -0.4 is 4.74 Å². The van der Waals surface area contributed by atoms with E-state index in [2.05, 4.69) is 9.72 Å². The summed E-state index contributed by atoms with van der Waals surface area (Å²) in [5.41, 5.74) is 0.736. The van der Waals surface area contributed by atoms with E-state index in [1.165, 1.54) is 6.20 Å². The van der Waals surface area contributed by atoms with Crippen molar-refractivity contribution in [1.29, 1.82) is 0 Å². The molecule has 1 atom stereocenters. The Balaban J connectivity index is 2.12. The lowest BCUT2D eigenvalue weighted by Gasteiger charge is -2.18. The maximum atomic E-state index is 13.1. The minimum absolute atomic E-state index is 0.0942. The summed E-state index contributed by atoms with van der Waals surface area (Å²) in [5, 5.41) is 0. The monoisotopic (exact) mass is 215 g/mol. The number of rotatable bonds is 2. The van der Waals surface area contributed by atoms with Crippen LogP contribution in [0.1, 0.15) is 5.56 Å². The van der Waals surface area contributed by atoms with Gasteiger partial charge in [-0.05, 0) is 13.0 Å². The lowest BCUT2D eigenvalue weighted by molar-refractivity contribution is -0.0672. The van der Waals surface area contributed by atoms with Crippen LogP contribution in [0.5, 0.6) is 5.88 Å². The molecule has 82 valence electrons. The number of alkyl halides is 2. The van der Waals surface area contributed by atoms with Crippen LogP contribution in [0, 0.1) is 6.92 Å². The van der Waals surface area contributed by atoms with Gasteiger partial charge in [-0.15, -0.1) is 0 Å². The van der Waals surface area contributed by atoms with E-state index >= 15 is 0 Å². The van der Waals surface area contributed by atoms with Crippen LogP contribution in [0.2, 0.25) is 0 Å². The molecule has 0 N–H and O–H groups in total. The lowest BCUT2D eigenvalue weighted by Crippen LogP contribution is -2.36. The van der Waals surface area contributed by atoms with E-state index in [0.29, 0.717) is 0 Å². The van der Waals surface area contributed by atoms with Crippen LogP contribution in [-0.4, -0.2) is 30.2 Å². The summed E-state index contributed by atoms with van der Waals surface area (Å²) in [4.78, 5) is 3.90. The van der Waals surface area contributed by atoms with Gasteiger partial charge >= 0.3 is 5.92 Å². The molecule has 1 aromatic rings. The Bertz CT molecular complexity index is 357. The summed E-state index contributed by atoms with van der Waals surface area (Å²) < 4.78 is 36.1. The standard InChI is InChI=1S/C10H11F2NO2/c1-7-3-2-4-13-9(7)15-8-5-14-6-10(8,11)12/h2-4,8H,5-6H2,1H3. The van der Waals surface area contributed by atoms with Gasteiger partial charge in [0.15, 0.2) is 6.10 Å². The Morgan fingerprint density at radius 3 is 3.00 bits per heavy atom. The molecule has 1 unspecified atom stereocenters. The SMILES string of the molecule is Cc1cccnc1OC1COCC1(F)F. The summed E-state index contributed by atoms with van der Waals surface area (Å²) in [6, 6.07) is 3.49. The normalized spacial score (nSPS) is 24.1. The van der Waals surface area contributed by atoms with Gasteiger partial charge in [-0.25, -0.2) is 4.98 Å². The molecule has 0 saturated carbocycles. The zero-order valence-corrected chi connectivity index (χ0v) is 8.24. The Hall–Kier alpha value is -1.23. The number of nitrogens with zero attached hydrogens (tertiary/aromatic N) is 1. The van der Waals surface area contributed by atoms with Crippen molar-refractivity contribution in [2.75, 3.05) is 13.2 Å². The van der Waals surface area contributed by atoms with E-state index in [4.69, 9.17) is 4.74 Å². The molecule has 1 aliphatic rings. The van der Waals surface area contributed by atoms with Crippen LogP contribution in [0.3, 0.4) is 0 Å². The molecule has 15 heavy (non-hydrogen) atoms. The molecule has 0 amide bonds. The summed E-state index contributed by atoms with van der Waals surface area (Å²) >= 11 is 0. The van der Waals surface area contributed by atoms with Crippen molar-refractivity contribution in [3.8, 4) is 5.88 Å². The molecule has 2 rings (SSSR count). The first-order valence-corrected chi connectivity index (χ1v) is 4.63. The molecule has 1 fully saturated rings. The van der Waals surface area contributed by atoms with E-state index in [9.17, 15) is 8.78 Å². The molecule has 2 heterocycles. The maximum absolute atomic E-state index is 13.1. The number of hydrogen-bond acceptors (Lipinski definition) is 3. The van der Waals surface area contributed by atoms with E-state index in [1.54, 1.807) is 19.1 Å². The van der Waals surface area contributed by atoms with Gasteiger partial charge in [0.25, 0.3) is 0 Å². The van der Waals surface area contributed by atoms with Crippen molar-refractivity contribution in [3.05, 3.63) is 23.9 Å². The largest absolute Gasteiger partial charge is 0.465 e. The molecule has 1 aliphatic heterocycles. The maximum Gasteiger partial charge on any atom is 0.309 e. The average molecular weight is 215 g/mol. The predicted octanol–water partition coefficient (Wildman–Crippen LogP) is 1.80. The molecular weight excluding hydrogens is 204 g/mol. The number of pyridine rings is 1. The Morgan fingerprint density at radius 1 is 1.60 bits per heavy atom. The van der Waals surface area contributed by atoms with Gasteiger partial charge in [0.1, 0.15) is 6.61 Å². The van der Waals surface area contributed by atoms with E-state index in [-0.39, 0.29) is 12.5 Å². The highest BCUT2D eigenvalue weighted by molar-refractivity contribution is 5.23. The van der Waals surface area contributed by atoms with Crippen LogP contribution in [0.15, 0.2) is 18.3 Å². The molecule has 3 nitrogen and oxygen atoms in total. The van der Waals surface area contributed by atoms with Crippen molar-refractivity contribution in [2.24, 2.45) is 0 Å². The summed E-state index contributed by atoms with van der Waals surface area (Å²) in [6.07, 6.45) is 0.280. The topological polar surface area (TPSA) is 31.4 Å². The number of ether oxygens (including phenoxy) is 2. The third-order valence-corrected chi connectivity index (χ3v) is 2.25. The van der Waals surface area contributed by atoms with Crippen molar-refractivity contribution in [2.45, 2.75) is 19.0 Å². The van der Waals surface area contributed by atoms with Gasteiger partial charge in [-0.2, -0.15) is 8.78 Å². The number of aryl methyl sites for hydroxylation is 1. The van der Waals surface area contributed by atoms with Gasteiger partial charge in [0.2, 0.25) is 5.88 Å². The third-order valence-electron chi connectivity index (χ3n) is 2.25. The van der Waals surface area contributed by atoms with Crippen LogP contribution in [0.4, 0.5) is 8.78 Å². The fourth-order valence-electron chi connectivity index (χ4n) is 1.37. The molecule has 0 radical (unpaired) electrons. The highest BCUT2D eigenvalue weighted by Gasteiger charge is 2.47. The zero-order chi connectivity index (χ0) is 10.9. The van der Waals surface area contributed by atoms with Gasteiger partial charge in [-0.1, -0.05) is 6.07 Å². The van der Waals surface area contributed by atoms with Crippen molar-refractivity contribution >= 4 is 0 Å². The fraction of sp³-hybridized carbons (Fsp3) is 0.500. The van der Waals surface area contributed by atoms with Crippen molar-refractivity contribution in [1.82, 2.24) is 4.98 Å². The highest BCUT2D eigenvalue weighted by atomic mass is 19.3. The second kappa shape index (κ2) is 3.73. The minimum Gasteiger partial charge on any atom is -0.465 e. The summed E-state index contributed by atoms with van der Waals surface area (Å²) in [7, 11) is 0. The van der Waals surface area contributed by atoms with Crippen molar-refractivity contribution < 1.29 is 18.3 Å². The first-order valence-electron chi connectivity index (χ1n) is 4.63.